The molecular formula is C20H23NO6. The first kappa shape index (κ1) is 18.7. The molecule has 1 aliphatic heterocycles. The predicted octanol–water partition coefficient (Wildman–Crippen LogP) is 2.97. The summed E-state index contributed by atoms with van der Waals surface area (Å²) < 4.78 is 27.0. The van der Waals surface area contributed by atoms with Gasteiger partial charge in [-0.15, -0.1) is 0 Å². The Balaban J connectivity index is 1.80. The fourth-order valence-electron chi connectivity index (χ4n) is 2.90. The third-order valence-corrected chi connectivity index (χ3v) is 4.34. The van der Waals surface area contributed by atoms with Crippen molar-refractivity contribution in [2.24, 2.45) is 0 Å². The number of carbonyl (C=O) groups excluding carboxylic acids is 1. The van der Waals surface area contributed by atoms with Gasteiger partial charge in [0.25, 0.3) is 5.91 Å². The molecule has 0 aliphatic carbocycles. The summed E-state index contributed by atoms with van der Waals surface area (Å²) >= 11 is 0. The number of methoxy groups -OCH3 is 3. The Labute approximate surface area is 158 Å². The van der Waals surface area contributed by atoms with Crippen molar-refractivity contribution in [1.29, 1.82) is 0 Å². The van der Waals surface area contributed by atoms with Crippen molar-refractivity contribution in [3.8, 4) is 28.7 Å². The Morgan fingerprint density at radius 3 is 2.19 bits per heavy atom. The van der Waals surface area contributed by atoms with E-state index in [1.165, 1.54) is 21.3 Å². The zero-order chi connectivity index (χ0) is 19.4. The molecule has 1 N–H and O–H groups in total. The van der Waals surface area contributed by atoms with E-state index < -0.39 is 0 Å². The summed E-state index contributed by atoms with van der Waals surface area (Å²) in [6.45, 7) is 2.96. The van der Waals surface area contributed by atoms with E-state index in [1.54, 1.807) is 12.1 Å². The van der Waals surface area contributed by atoms with Gasteiger partial charge in [-0.05, 0) is 36.8 Å². The highest BCUT2D eigenvalue weighted by atomic mass is 16.6. The number of fused-ring (bicyclic) bond motifs is 1. The number of carbonyl (C=O) groups is 1. The Morgan fingerprint density at radius 2 is 1.59 bits per heavy atom. The number of rotatable bonds is 6. The maximum Gasteiger partial charge on any atom is 0.252 e. The minimum atomic E-state index is -0.253. The monoisotopic (exact) mass is 373 g/mol. The molecule has 0 aromatic heterocycles. The van der Waals surface area contributed by atoms with Crippen LogP contribution in [0, 0.1) is 0 Å². The fourth-order valence-corrected chi connectivity index (χ4v) is 2.90. The van der Waals surface area contributed by atoms with E-state index >= 15 is 0 Å². The van der Waals surface area contributed by atoms with Crippen LogP contribution in [0.2, 0.25) is 0 Å². The lowest BCUT2D eigenvalue weighted by molar-refractivity contribution is 0.0939. The number of ether oxygens (including phenoxy) is 5. The molecule has 27 heavy (non-hydrogen) atoms. The topological polar surface area (TPSA) is 75.3 Å². The summed E-state index contributed by atoms with van der Waals surface area (Å²) in [4.78, 5) is 12.7. The number of nitrogens with one attached hydrogen (secondary N) is 1. The molecule has 0 bridgehead atoms. The van der Waals surface area contributed by atoms with Crippen LogP contribution in [0.15, 0.2) is 30.3 Å². The van der Waals surface area contributed by atoms with Crippen molar-refractivity contribution in [3.63, 3.8) is 0 Å². The number of hydrogen-bond acceptors (Lipinski definition) is 6. The summed E-state index contributed by atoms with van der Waals surface area (Å²) in [6.07, 6.45) is 0. The van der Waals surface area contributed by atoms with Gasteiger partial charge in [-0.1, -0.05) is 6.07 Å². The van der Waals surface area contributed by atoms with E-state index in [0.717, 1.165) is 5.56 Å². The summed E-state index contributed by atoms with van der Waals surface area (Å²) in [5.41, 5.74) is 1.33. The highest BCUT2D eigenvalue weighted by Gasteiger charge is 2.20. The SMILES string of the molecule is COc1cc(C(=O)N[C@@H](C)c2ccc3c(c2)OCCO3)cc(OC)c1OC. The van der Waals surface area contributed by atoms with Crippen molar-refractivity contribution in [1.82, 2.24) is 5.32 Å². The molecule has 144 valence electrons. The van der Waals surface area contributed by atoms with Crippen molar-refractivity contribution in [2.45, 2.75) is 13.0 Å². The van der Waals surface area contributed by atoms with Crippen molar-refractivity contribution < 1.29 is 28.5 Å². The van der Waals surface area contributed by atoms with Gasteiger partial charge in [-0.25, -0.2) is 0 Å². The molecule has 0 spiro atoms. The minimum Gasteiger partial charge on any atom is -0.493 e. The average molecular weight is 373 g/mol. The molecule has 1 atom stereocenters. The van der Waals surface area contributed by atoms with Crippen LogP contribution in [0.3, 0.4) is 0 Å². The second kappa shape index (κ2) is 8.07. The molecular weight excluding hydrogens is 350 g/mol. The second-order valence-electron chi connectivity index (χ2n) is 6.01. The lowest BCUT2D eigenvalue weighted by atomic mass is 10.1. The van der Waals surface area contributed by atoms with Crippen LogP contribution in [0.25, 0.3) is 0 Å². The summed E-state index contributed by atoms with van der Waals surface area (Å²) in [7, 11) is 4.54. The molecule has 1 heterocycles. The highest BCUT2D eigenvalue weighted by Crippen LogP contribution is 2.38. The van der Waals surface area contributed by atoms with Gasteiger partial charge >= 0.3 is 0 Å². The Bertz CT molecular complexity index is 810. The molecule has 7 heteroatoms. The zero-order valence-electron chi connectivity index (χ0n) is 15.8. The smallest absolute Gasteiger partial charge is 0.252 e. The standard InChI is InChI=1S/C20H23NO6/c1-12(13-5-6-15-16(9-13)27-8-7-26-15)21-20(22)14-10-17(23-2)19(25-4)18(11-14)24-3/h5-6,9-12H,7-8H2,1-4H3,(H,21,22)/t12-/m0/s1. The minimum absolute atomic E-state index is 0.229. The first-order valence-corrected chi connectivity index (χ1v) is 8.57. The Morgan fingerprint density at radius 1 is 0.963 bits per heavy atom. The lowest BCUT2D eigenvalue weighted by Gasteiger charge is -2.21. The van der Waals surface area contributed by atoms with Crippen LogP contribution in [0.1, 0.15) is 28.9 Å². The molecule has 1 aliphatic rings. The number of benzene rings is 2. The Kier molecular flexibility index (Phi) is 5.59. The molecule has 2 aromatic rings. The molecule has 0 saturated heterocycles. The van der Waals surface area contributed by atoms with E-state index in [0.29, 0.717) is 47.5 Å². The molecule has 0 saturated carbocycles. The van der Waals surface area contributed by atoms with Gasteiger partial charge in [-0.2, -0.15) is 0 Å². The summed E-state index contributed by atoms with van der Waals surface area (Å²) in [5.74, 6) is 2.44. The zero-order valence-corrected chi connectivity index (χ0v) is 15.8. The molecule has 1 amide bonds. The van der Waals surface area contributed by atoms with E-state index in [1.807, 2.05) is 25.1 Å². The van der Waals surface area contributed by atoms with E-state index in [-0.39, 0.29) is 11.9 Å². The van der Waals surface area contributed by atoms with E-state index in [2.05, 4.69) is 5.32 Å². The fraction of sp³-hybridized carbons (Fsp3) is 0.350. The average Bonchev–Trinajstić information content (AvgIpc) is 2.71. The van der Waals surface area contributed by atoms with Crippen molar-refractivity contribution in [3.05, 3.63) is 41.5 Å². The van der Waals surface area contributed by atoms with Crippen molar-refractivity contribution in [2.75, 3.05) is 34.5 Å². The molecule has 2 aromatic carbocycles. The van der Waals surface area contributed by atoms with Crippen LogP contribution < -0.4 is 29.0 Å². The first-order chi connectivity index (χ1) is 13.1. The van der Waals surface area contributed by atoms with Gasteiger partial charge in [0.05, 0.1) is 27.4 Å². The molecule has 0 fully saturated rings. The molecule has 3 rings (SSSR count). The van der Waals surface area contributed by atoms with Gasteiger partial charge in [0.2, 0.25) is 5.75 Å². The quantitative estimate of drug-likeness (QED) is 0.839. The Hall–Kier alpha value is -3.09. The van der Waals surface area contributed by atoms with Gasteiger partial charge in [0, 0.05) is 5.56 Å². The van der Waals surface area contributed by atoms with Gasteiger partial charge in [0.15, 0.2) is 23.0 Å². The molecule has 7 nitrogen and oxygen atoms in total. The van der Waals surface area contributed by atoms with Gasteiger partial charge in [0.1, 0.15) is 13.2 Å². The normalized spacial score (nSPS) is 13.5. The van der Waals surface area contributed by atoms with Crippen LogP contribution in [-0.2, 0) is 0 Å². The van der Waals surface area contributed by atoms with Crippen LogP contribution in [-0.4, -0.2) is 40.5 Å². The lowest BCUT2D eigenvalue weighted by Crippen LogP contribution is -2.27. The maximum atomic E-state index is 12.7. The van der Waals surface area contributed by atoms with E-state index in [9.17, 15) is 4.79 Å². The highest BCUT2D eigenvalue weighted by molar-refractivity contribution is 5.95. The summed E-state index contributed by atoms with van der Waals surface area (Å²) in [6, 6.07) is 8.65. The van der Waals surface area contributed by atoms with Gasteiger partial charge < -0.3 is 29.0 Å². The van der Waals surface area contributed by atoms with Crippen molar-refractivity contribution >= 4 is 5.91 Å². The molecule has 0 radical (unpaired) electrons. The second-order valence-corrected chi connectivity index (χ2v) is 6.01. The first-order valence-electron chi connectivity index (χ1n) is 8.57. The van der Waals surface area contributed by atoms with E-state index in [4.69, 9.17) is 23.7 Å². The predicted molar refractivity (Wildman–Crippen MR) is 99.4 cm³/mol. The third kappa shape index (κ3) is 3.86. The summed E-state index contributed by atoms with van der Waals surface area (Å²) in [5, 5.41) is 2.97. The third-order valence-electron chi connectivity index (χ3n) is 4.34. The van der Waals surface area contributed by atoms with Crippen LogP contribution in [0.5, 0.6) is 28.7 Å². The van der Waals surface area contributed by atoms with Gasteiger partial charge in [-0.3, -0.25) is 4.79 Å². The molecule has 0 unspecified atom stereocenters. The number of amides is 1. The number of hydrogen-bond donors (Lipinski definition) is 1. The largest absolute Gasteiger partial charge is 0.493 e. The maximum absolute atomic E-state index is 12.7. The van der Waals surface area contributed by atoms with Crippen LogP contribution in [0.4, 0.5) is 0 Å². The van der Waals surface area contributed by atoms with Crippen LogP contribution >= 0.6 is 0 Å².